The lowest BCUT2D eigenvalue weighted by molar-refractivity contribution is -0.134. The second kappa shape index (κ2) is 4.50. The highest BCUT2D eigenvalue weighted by atomic mass is 16.5. The smallest absolute Gasteiger partial charge is 0.311 e. The maximum atomic E-state index is 11.1. The number of aromatic hydroxyl groups is 1. The summed E-state index contributed by atoms with van der Waals surface area (Å²) in [6.07, 6.45) is 1.06. The molecular weight excluding hydrogens is 182 g/mol. The van der Waals surface area contributed by atoms with Gasteiger partial charge < -0.3 is 15.6 Å². The predicted molar refractivity (Wildman–Crippen MR) is 53.1 cm³/mol. The first-order valence-electron chi connectivity index (χ1n) is 4.42. The van der Waals surface area contributed by atoms with Crippen molar-refractivity contribution >= 4 is 11.7 Å². The molecule has 0 unspecified atom stereocenters. The molecule has 0 aliphatic heterocycles. The lowest BCUT2D eigenvalue weighted by Gasteiger charge is -2.06. The number of nitrogen functional groups attached to an aromatic ring is 1. The molecule has 14 heavy (non-hydrogen) atoms. The molecule has 4 heteroatoms. The fourth-order valence-electron chi connectivity index (χ4n) is 0.989. The van der Waals surface area contributed by atoms with E-state index in [9.17, 15) is 4.79 Å². The van der Waals surface area contributed by atoms with Crippen molar-refractivity contribution in [1.82, 2.24) is 0 Å². The molecule has 0 radical (unpaired) electrons. The number of esters is 1. The lowest BCUT2D eigenvalue weighted by Crippen LogP contribution is -2.08. The Labute approximate surface area is 82.3 Å². The van der Waals surface area contributed by atoms with Gasteiger partial charge in [0.1, 0.15) is 5.75 Å². The molecule has 3 N–H and O–H groups in total. The monoisotopic (exact) mass is 195 g/mol. The third-order valence-corrected chi connectivity index (χ3v) is 1.68. The fraction of sp³-hybridized carbons (Fsp3) is 0.300. The summed E-state index contributed by atoms with van der Waals surface area (Å²) in [7, 11) is 0. The molecule has 0 heterocycles. The van der Waals surface area contributed by atoms with Crippen molar-refractivity contribution in [3.8, 4) is 11.5 Å². The number of phenols is 1. The Balaban J connectivity index is 2.75. The number of nitrogens with two attached hydrogens (primary N) is 1. The molecule has 76 valence electrons. The zero-order chi connectivity index (χ0) is 10.6. The predicted octanol–water partition coefficient (Wildman–Crippen LogP) is 1.68. The van der Waals surface area contributed by atoms with E-state index in [4.69, 9.17) is 15.6 Å². The van der Waals surface area contributed by atoms with Gasteiger partial charge in [-0.15, -0.1) is 0 Å². The third kappa shape index (κ3) is 2.65. The van der Waals surface area contributed by atoms with Crippen molar-refractivity contribution in [3.63, 3.8) is 0 Å². The molecule has 1 aromatic carbocycles. The Bertz CT molecular complexity index is 336. The van der Waals surface area contributed by atoms with E-state index in [1.807, 2.05) is 6.92 Å². The maximum absolute atomic E-state index is 11.1. The van der Waals surface area contributed by atoms with Gasteiger partial charge in [-0.2, -0.15) is 0 Å². The number of hydrogen-bond acceptors (Lipinski definition) is 4. The van der Waals surface area contributed by atoms with Gasteiger partial charge in [-0.05, 0) is 18.6 Å². The molecule has 1 aromatic rings. The summed E-state index contributed by atoms with van der Waals surface area (Å²) in [5.74, 6) is -0.105. The van der Waals surface area contributed by atoms with Gasteiger partial charge >= 0.3 is 5.97 Å². The number of rotatable bonds is 3. The molecule has 0 bridgehead atoms. The van der Waals surface area contributed by atoms with E-state index in [-0.39, 0.29) is 17.5 Å². The number of ether oxygens (including phenoxy) is 1. The standard InChI is InChI=1S/C10H13NO3/c1-2-3-10(13)14-9-6-7(12)4-5-8(9)11/h4-6,12H,2-3,11H2,1H3. The van der Waals surface area contributed by atoms with E-state index >= 15 is 0 Å². The minimum Gasteiger partial charge on any atom is -0.508 e. The maximum Gasteiger partial charge on any atom is 0.311 e. The van der Waals surface area contributed by atoms with Crippen molar-refractivity contribution in [1.29, 1.82) is 0 Å². The third-order valence-electron chi connectivity index (χ3n) is 1.68. The minimum absolute atomic E-state index is 0.0264. The highest BCUT2D eigenvalue weighted by molar-refractivity contribution is 5.74. The van der Waals surface area contributed by atoms with Gasteiger partial charge in [-0.3, -0.25) is 4.79 Å². The molecule has 0 aliphatic rings. The van der Waals surface area contributed by atoms with Gasteiger partial charge in [-0.1, -0.05) is 6.92 Å². The van der Waals surface area contributed by atoms with Crippen LogP contribution in [-0.4, -0.2) is 11.1 Å². The molecule has 0 aliphatic carbocycles. The Hall–Kier alpha value is -1.71. The topological polar surface area (TPSA) is 72.5 Å². The molecule has 0 atom stereocenters. The summed E-state index contributed by atoms with van der Waals surface area (Å²) in [5, 5.41) is 9.13. The van der Waals surface area contributed by atoms with Gasteiger partial charge in [0.2, 0.25) is 0 Å². The van der Waals surface area contributed by atoms with Crippen molar-refractivity contribution in [2.75, 3.05) is 5.73 Å². The van der Waals surface area contributed by atoms with Crippen LogP contribution in [0.15, 0.2) is 18.2 Å². The van der Waals surface area contributed by atoms with Crippen LogP contribution in [0.3, 0.4) is 0 Å². The number of phenolic OH excluding ortho intramolecular Hbond substituents is 1. The summed E-state index contributed by atoms with van der Waals surface area (Å²) in [5.41, 5.74) is 5.89. The van der Waals surface area contributed by atoms with E-state index in [0.29, 0.717) is 12.1 Å². The second-order valence-corrected chi connectivity index (χ2v) is 2.95. The highest BCUT2D eigenvalue weighted by Gasteiger charge is 2.07. The van der Waals surface area contributed by atoms with Gasteiger partial charge in [0.15, 0.2) is 5.75 Å². The zero-order valence-electron chi connectivity index (χ0n) is 7.99. The van der Waals surface area contributed by atoms with Crippen LogP contribution in [0.25, 0.3) is 0 Å². The van der Waals surface area contributed by atoms with Crippen LogP contribution in [-0.2, 0) is 4.79 Å². The van der Waals surface area contributed by atoms with Crippen LogP contribution in [0.2, 0.25) is 0 Å². The van der Waals surface area contributed by atoms with E-state index < -0.39 is 0 Å². The molecule has 4 nitrogen and oxygen atoms in total. The number of carbonyl (C=O) groups excluding carboxylic acids is 1. The molecule has 0 amide bonds. The quantitative estimate of drug-likeness (QED) is 0.333. The van der Waals surface area contributed by atoms with Crippen molar-refractivity contribution < 1.29 is 14.6 Å². The molecule has 0 saturated carbocycles. The molecule has 0 saturated heterocycles. The van der Waals surface area contributed by atoms with Crippen LogP contribution in [0, 0.1) is 0 Å². The van der Waals surface area contributed by atoms with Gasteiger partial charge in [-0.25, -0.2) is 0 Å². The Morgan fingerprint density at radius 1 is 1.57 bits per heavy atom. The van der Waals surface area contributed by atoms with Gasteiger partial charge in [0.25, 0.3) is 0 Å². The van der Waals surface area contributed by atoms with E-state index in [0.717, 1.165) is 6.42 Å². The van der Waals surface area contributed by atoms with E-state index in [1.54, 1.807) is 0 Å². The summed E-state index contributed by atoms with van der Waals surface area (Å²) in [6.45, 7) is 1.88. The Morgan fingerprint density at radius 3 is 2.93 bits per heavy atom. The largest absolute Gasteiger partial charge is 0.508 e. The SMILES string of the molecule is CCCC(=O)Oc1cc(O)ccc1N. The minimum atomic E-state index is -0.343. The lowest BCUT2D eigenvalue weighted by atomic mass is 10.3. The summed E-state index contributed by atoms with van der Waals surface area (Å²) < 4.78 is 4.94. The van der Waals surface area contributed by atoms with Crippen LogP contribution in [0.5, 0.6) is 11.5 Å². The number of hydrogen-bond donors (Lipinski definition) is 2. The molecule has 0 fully saturated rings. The van der Waals surface area contributed by atoms with E-state index in [2.05, 4.69) is 0 Å². The van der Waals surface area contributed by atoms with Crippen molar-refractivity contribution in [3.05, 3.63) is 18.2 Å². The summed E-state index contributed by atoms with van der Waals surface area (Å²) in [4.78, 5) is 11.1. The normalized spacial score (nSPS) is 9.79. The Morgan fingerprint density at radius 2 is 2.29 bits per heavy atom. The average Bonchev–Trinajstić information content (AvgIpc) is 2.12. The Kier molecular flexibility index (Phi) is 3.34. The van der Waals surface area contributed by atoms with Crippen molar-refractivity contribution in [2.45, 2.75) is 19.8 Å². The second-order valence-electron chi connectivity index (χ2n) is 2.95. The fourth-order valence-corrected chi connectivity index (χ4v) is 0.989. The number of anilines is 1. The van der Waals surface area contributed by atoms with Crippen LogP contribution in [0.1, 0.15) is 19.8 Å². The summed E-state index contributed by atoms with van der Waals surface area (Å²) in [6, 6.07) is 4.25. The first-order valence-corrected chi connectivity index (χ1v) is 4.42. The molecule has 0 aromatic heterocycles. The number of benzene rings is 1. The average molecular weight is 195 g/mol. The summed E-state index contributed by atoms with van der Waals surface area (Å²) >= 11 is 0. The molecular formula is C10H13NO3. The van der Waals surface area contributed by atoms with Gasteiger partial charge in [0.05, 0.1) is 5.69 Å². The zero-order valence-corrected chi connectivity index (χ0v) is 7.99. The van der Waals surface area contributed by atoms with Crippen LogP contribution in [0.4, 0.5) is 5.69 Å². The highest BCUT2D eigenvalue weighted by Crippen LogP contribution is 2.26. The van der Waals surface area contributed by atoms with Crippen molar-refractivity contribution in [2.24, 2.45) is 0 Å². The van der Waals surface area contributed by atoms with Gasteiger partial charge in [0, 0.05) is 12.5 Å². The molecule has 0 spiro atoms. The first-order chi connectivity index (χ1) is 6.63. The van der Waals surface area contributed by atoms with E-state index in [1.165, 1.54) is 18.2 Å². The first kappa shape index (κ1) is 10.4. The molecule has 1 rings (SSSR count). The van der Waals surface area contributed by atoms with Crippen LogP contribution < -0.4 is 10.5 Å². The van der Waals surface area contributed by atoms with Crippen LogP contribution >= 0.6 is 0 Å². The number of carbonyl (C=O) groups is 1.